The van der Waals surface area contributed by atoms with Crippen molar-refractivity contribution in [3.05, 3.63) is 46.8 Å². The van der Waals surface area contributed by atoms with Crippen LogP contribution in [0.15, 0.2) is 36.4 Å². The van der Waals surface area contributed by atoms with Crippen molar-refractivity contribution in [1.29, 1.82) is 0 Å². The Kier molecular flexibility index (Phi) is 9.12. The predicted octanol–water partition coefficient (Wildman–Crippen LogP) is 7.04. The number of hydrogen-bond acceptors (Lipinski definition) is 6. The van der Waals surface area contributed by atoms with E-state index >= 15 is 0 Å². The van der Waals surface area contributed by atoms with Crippen molar-refractivity contribution in [2.24, 2.45) is 0 Å². The number of rotatable bonds is 8. The molecule has 0 amide bonds. The molecular weight excluding hydrogens is 590 g/mol. The fraction of sp³-hybridized carbons (Fsp3) is 0.515. The second kappa shape index (κ2) is 12.9. The summed E-state index contributed by atoms with van der Waals surface area (Å²) < 4.78 is 53.3. The number of benzene rings is 2. The lowest BCUT2D eigenvalue weighted by Crippen LogP contribution is -2.60. The molecule has 1 aliphatic carbocycles. The summed E-state index contributed by atoms with van der Waals surface area (Å²) in [6.07, 6.45) is 1.10. The number of nitrogens with zero attached hydrogens (tertiary/aromatic N) is 1. The van der Waals surface area contributed by atoms with Crippen LogP contribution in [-0.2, 0) is 11.2 Å². The Labute approximate surface area is 257 Å². The standard InChI is InChI=1S/C33H39F3N3O2PS/c1-40-30-17-25(42(2)3)13-14-28(30)37-15-5-8-31-27(18-33(34,35)36)26-6-4-7-29(32(26)43-31)38-21-9-11-22(12-10-21)39-19-23-16-24(20-39)41-23/h4,6-7,13-14,17,21-24,37-38H,9-12,15-16,18-20H2,1-3H3. The summed E-state index contributed by atoms with van der Waals surface area (Å²) in [5, 5.41) is 8.83. The van der Waals surface area contributed by atoms with E-state index in [0.29, 0.717) is 41.1 Å². The third-order valence-electron chi connectivity index (χ3n) is 8.83. The number of methoxy groups -OCH3 is 1. The number of thiophene rings is 1. The van der Waals surface area contributed by atoms with Gasteiger partial charge in [0.1, 0.15) is 5.75 Å². The first-order chi connectivity index (χ1) is 20.7. The van der Waals surface area contributed by atoms with Crippen LogP contribution in [-0.4, -0.2) is 75.4 Å². The Morgan fingerprint density at radius 3 is 2.49 bits per heavy atom. The summed E-state index contributed by atoms with van der Waals surface area (Å²) in [6, 6.07) is 12.6. The average Bonchev–Trinajstić information content (AvgIpc) is 3.32. The quantitative estimate of drug-likeness (QED) is 0.207. The monoisotopic (exact) mass is 629 g/mol. The number of alkyl halides is 3. The lowest BCUT2D eigenvalue weighted by atomic mass is 9.87. The number of halogens is 3. The van der Waals surface area contributed by atoms with Crippen molar-refractivity contribution in [3.63, 3.8) is 0 Å². The second-order valence-electron chi connectivity index (χ2n) is 12.0. The normalized spacial score (nSPS) is 23.9. The highest BCUT2D eigenvalue weighted by atomic mass is 32.1. The molecule has 1 aromatic heterocycles. The molecule has 0 spiro atoms. The zero-order chi connectivity index (χ0) is 30.1. The Morgan fingerprint density at radius 1 is 1.07 bits per heavy atom. The Morgan fingerprint density at radius 2 is 1.81 bits per heavy atom. The molecule has 1 saturated carbocycles. The third-order valence-corrected chi connectivity index (χ3v) is 11.3. The number of morpholine rings is 1. The number of hydrogen-bond donors (Lipinski definition) is 2. The Bertz CT molecular complexity index is 1490. The average molecular weight is 630 g/mol. The minimum Gasteiger partial charge on any atom is -0.495 e. The van der Waals surface area contributed by atoms with Gasteiger partial charge in [-0.25, -0.2) is 0 Å². The van der Waals surface area contributed by atoms with Gasteiger partial charge in [-0.05, 0) is 73.5 Å². The van der Waals surface area contributed by atoms with E-state index in [1.807, 2.05) is 24.3 Å². The van der Waals surface area contributed by atoms with Crippen LogP contribution in [0.5, 0.6) is 5.75 Å². The number of anilines is 2. The molecule has 2 bridgehead atoms. The van der Waals surface area contributed by atoms with Crippen LogP contribution < -0.4 is 20.7 Å². The summed E-state index contributed by atoms with van der Waals surface area (Å²) in [6.45, 7) is 6.76. The third kappa shape index (κ3) is 7.09. The maximum absolute atomic E-state index is 13.7. The van der Waals surface area contributed by atoms with Crippen LogP contribution in [0.1, 0.15) is 42.5 Å². The van der Waals surface area contributed by atoms with E-state index in [1.165, 1.54) is 23.1 Å². The first-order valence-electron chi connectivity index (χ1n) is 15.0. The topological polar surface area (TPSA) is 45.8 Å². The summed E-state index contributed by atoms with van der Waals surface area (Å²) in [5.74, 6) is 6.87. The fourth-order valence-electron chi connectivity index (χ4n) is 6.62. The van der Waals surface area contributed by atoms with Crippen molar-refractivity contribution >= 4 is 46.0 Å². The van der Waals surface area contributed by atoms with Crippen LogP contribution in [0.2, 0.25) is 0 Å². The molecule has 2 unspecified atom stereocenters. The van der Waals surface area contributed by atoms with Gasteiger partial charge in [0.25, 0.3) is 0 Å². The van der Waals surface area contributed by atoms with E-state index < -0.39 is 12.6 Å². The van der Waals surface area contributed by atoms with Crippen LogP contribution >= 0.6 is 19.3 Å². The molecule has 3 saturated heterocycles. The first-order valence-corrected chi connectivity index (χ1v) is 18.1. The molecule has 2 aromatic carbocycles. The highest BCUT2D eigenvalue weighted by Crippen LogP contribution is 2.40. The van der Waals surface area contributed by atoms with E-state index in [-0.39, 0.29) is 13.5 Å². The molecule has 10 heteroatoms. The number of fused-ring (bicyclic) bond motifs is 3. The van der Waals surface area contributed by atoms with Crippen LogP contribution in [0, 0.1) is 11.8 Å². The molecule has 230 valence electrons. The summed E-state index contributed by atoms with van der Waals surface area (Å²) in [4.78, 5) is 3.09. The molecule has 2 atom stereocenters. The van der Waals surface area contributed by atoms with E-state index in [2.05, 4.69) is 46.8 Å². The van der Waals surface area contributed by atoms with Crippen molar-refractivity contribution in [3.8, 4) is 17.6 Å². The molecule has 3 aliphatic heterocycles. The molecule has 4 aliphatic rings. The number of piperidine rings is 1. The zero-order valence-corrected chi connectivity index (χ0v) is 26.6. The molecule has 3 aromatic rings. The van der Waals surface area contributed by atoms with Gasteiger partial charge in [-0.15, -0.1) is 11.3 Å². The molecule has 43 heavy (non-hydrogen) atoms. The SMILES string of the molecule is COc1cc(P(C)C)ccc1NCC#Cc1sc2c(NC3CCC(N4CC5CC(C4)O5)CC3)cccc2c1CC(F)(F)F. The number of nitrogens with one attached hydrogen (secondary N) is 2. The van der Waals surface area contributed by atoms with Gasteiger partial charge in [0, 0.05) is 31.6 Å². The van der Waals surface area contributed by atoms with Gasteiger partial charge in [-0.2, -0.15) is 13.2 Å². The summed E-state index contributed by atoms with van der Waals surface area (Å²) in [7, 11) is 1.38. The Hall–Kier alpha value is -2.50. The second-order valence-corrected chi connectivity index (χ2v) is 15.4. The van der Waals surface area contributed by atoms with Gasteiger partial charge in [0.05, 0.1) is 53.2 Å². The molecule has 7 rings (SSSR count). The van der Waals surface area contributed by atoms with Crippen LogP contribution in [0.4, 0.5) is 24.5 Å². The minimum absolute atomic E-state index is 0.253. The van der Waals surface area contributed by atoms with Crippen molar-refractivity contribution < 1.29 is 22.6 Å². The van der Waals surface area contributed by atoms with Gasteiger partial charge in [-0.1, -0.05) is 38.0 Å². The maximum atomic E-state index is 13.7. The molecule has 0 radical (unpaired) electrons. The molecule has 2 N–H and O–H groups in total. The molecule has 5 nitrogen and oxygen atoms in total. The van der Waals surface area contributed by atoms with E-state index in [4.69, 9.17) is 9.47 Å². The highest BCUT2D eigenvalue weighted by molar-refractivity contribution is 7.64. The van der Waals surface area contributed by atoms with E-state index in [0.717, 1.165) is 60.6 Å². The smallest absolute Gasteiger partial charge is 0.393 e. The number of ether oxygens (including phenoxy) is 2. The van der Waals surface area contributed by atoms with Gasteiger partial charge >= 0.3 is 6.18 Å². The minimum atomic E-state index is -4.32. The van der Waals surface area contributed by atoms with Crippen molar-refractivity contribution in [1.82, 2.24) is 4.90 Å². The van der Waals surface area contributed by atoms with E-state index in [1.54, 1.807) is 13.2 Å². The van der Waals surface area contributed by atoms with Crippen LogP contribution in [0.3, 0.4) is 0 Å². The van der Waals surface area contributed by atoms with Crippen LogP contribution in [0.25, 0.3) is 10.1 Å². The fourth-order valence-corrected chi connectivity index (χ4v) is 8.54. The molecule has 4 fully saturated rings. The van der Waals surface area contributed by atoms with E-state index in [9.17, 15) is 13.2 Å². The highest BCUT2D eigenvalue weighted by Gasteiger charge is 2.41. The first kappa shape index (κ1) is 30.5. The molecule has 4 heterocycles. The summed E-state index contributed by atoms with van der Waals surface area (Å²) in [5.41, 5.74) is 1.99. The van der Waals surface area contributed by atoms with Gasteiger partial charge in [-0.3, -0.25) is 4.90 Å². The lowest BCUT2D eigenvalue weighted by Gasteiger charge is -2.50. The van der Waals surface area contributed by atoms with Gasteiger partial charge in [0.2, 0.25) is 0 Å². The summed E-state index contributed by atoms with van der Waals surface area (Å²) >= 11 is 1.36. The molecular formula is C33H39F3N3O2PS. The maximum Gasteiger partial charge on any atom is 0.393 e. The zero-order valence-electron chi connectivity index (χ0n) is 24.9. The van der Waals surface area contributed by atoms with Gasteiger partial charge in [0.15, 0.2) is 0 Å². The van der Waals surface area contributed by atoms with Crippen molar-refractivity contribution in [2.75, 3.05) is 50.7 Å². The van der Waals surface area contributed by atoms with Gasteiger partial charge < -0.3 is 20.1 Å². The lowest BCUT2D eigenvalue weighted by molar-refractivity contribution is -0.189. The Balaban J connectivity index is 1.16. The largest absolute Gasteiger partial charge is 0.495 e. The van der Waals surface area contributed by atoms with Crippen molar-refractivity contribution in [2.45, 2.75) is 69.0 Å². The predicted molar refractivity (Wildman–Crippen MR) is 173 cm³/mol.